The Morgan fingerprint density at radius 3 is 2.68 bits per heavy atom. The third-order valence-corrected chi connectivity index (χ3v) is 6.78. The minimum absolute atomic E-state index is 0.0823. The van der Waals surface area contributed by atoms with Crippen LogP contribution in [0.5, 0.6) is 17.4 Å². The largest absolute Gasteiger partial charge is 0.495 e. The molecule has 0 atom stereocenters. The van der Waals surface area contributed by atoms with Crippen molar-refractivity contribution >= 4 is 15.9 Å². The number of aromatic nitrogens is 3. The lowest BCUT2D eigenvalue weighted by molar-refractivity contribution is 0.0975. The molecule has 0 fully saturated rings. The Kier molecular flexibility index (Phi) is 6.22. The molecule has 1 aliphatic rings. The molecule has 0 bridgehead atoms. The number of hydrogen-bond donors (Lipinski definition) is 1. The Bertz CT molecular complexity index is 1320. The number of ether oxygens (including phenoxy) is 3. The summed E-state index contributed by atoms with van der Waals surface area (Å²) in [6.07, 6.45) is 4.05. The van der Waals surface area contributed by atoms with Crippen molar-refractivity contribution in [1.82, 2.24) is 19.5 Å². The van der Waals surface area contributed by atoms with E-state index in [2.05, 4.69) is 14.8 Å². The van der Waals surface area contributed by atoms with Crippen molar-refractivity contribution < 1.29 is 27.4 Å². The number of amides is 1. The van der Waals surface area contributed by atoms with Gasteiger partial charge in [-0.3, -0.25) is 9.48 Å². The maximum absolute atomic E-state index is 13.3. The molecular formula is C23H26N4O6S. The molecule has 1 aromatic carbocycles. The van der Waals surface area contributed by atoms with Crippen molar-refractivity contribution in [2.75, 3.05) is 20.8 Å². The highest BCUT2D eigenvalue weighted by Gasteiger charge is 2.35. The van der Waals surface area contributed by atoms with E-state index in [-0.39, 0.29) is 33.4 Å². The van der Waals surface area contributed by atoms with Gasteiger partial charge in [0, 0.05) is 23.4 Å². The average Bonchev–Trinajstić information content (AvgIpc) is 3.30. The quantitative estimate of drug-likeness (QED) is 0.540. The summed E-state index contributed by atoms with van der Waals surface area (Å²) in [6.45, 7) is 4.78. The lowest BCUT2D eigenvalue weighted by Crippen LogP contribution is -2.34. The van der Waals surface area contributed by atoms with Crippen LogP contribution in [-0.2, 0) is 23.0 Å². The van der Waals surface area contributed by atoms with Crippen LogP contribution >= 0.6 is 0 Å². The van der Waals surface area contributed by atoms with Gasteiger partial charge >= 0.3 is 0 Å². The van der Waals surface area contributed by atoms with E-state index >= 15 is 0 Å². The molecule has 0 unspecified atom stereocenters. The van der Waals surface area contributed by atoms with Crippen molar-refractivity contribution in [2.24, 2.45) is 5.41 Å². The molecule has 0 aliphatic carbocycles. The van der Waals surface area contributed by atoms with Crippen LogP contribution in [-0.4, -0.2) is 49.9 Å². The van der Waals surface area contributed by atoms with Crippen molar-refractivity contribution in [1.29, 1.82) is 0 Å². The molecule has 1 N–H and O–H groups in total. The van der Waals surface area contributed by atoms with Crippen molar-refractivity contribution in [3.8, 4) is 17.4 Å². The first-order valence-corrected chi connectivity index (χ1v) is 12.0. The lowest BCUT2D eigenvalue weighted by atomic mass is 9.84. The molecule has 180 valence electrons. The smallest absolute Gasteiger partial charge is 0.283 e. The first-order chi connectivity index (χ1) is 16.1. The normalized spacial score (nSPS) is 14.6. The van der Waals surface area contributed by atoms with E-state index in [0.29, 0.717) is 25.1 Å². The molecule has 0 saturated heterocycles. The number of rotatable bonds is 7. The fourth-order valence-electron chi connectivity index (χ4n) is 3.82. The Balaban J connectivity index is 1.63. The number of benzene rings is 1. The van der Waals surface area contributed by atoms with E-state index in [1.54, 1.807) is 41.3 Å². The van der Waals surface area contributed by atoms with Gasteiger partial charge in [0.05, 0.1) is 27.4 Å². The monoisotopic (exact) mass is 486 g/mol. The standard InChI is InChI=1S/C23H26N4O6S/c1-23(2)12-15-7-9-18(31-3)20(19(15)33-14-23)34(29,30)26-21(28)17-8-6-16(22(25-17)32-4)13-27-11-5-10-24-27/h5-11H,12-14H2,1-4H3,(H,26,28). The molecule has 3 heterocycles. The second-order valence-corrected chi connectivity index (χ2v) is 10.3. The van der Waals surface area contributed by atoms with E-state index in [9.17, 15) is 13.2 Å². The molecule has 0 radical (unpaired) electrons. The summed E-state index contributed by atoms with van der Waals surface area (Å²) in [7, 11) is -1.56. The average molecular weight is 487 g/mol. The van der Waals surface area contributed by atoms with Gasteiger partial charge in [-0.2, -0.15) is 5.10 Å². The van der Waals surface area contributed by atoms with Gasteiger partial charge in [-0.1, -0.05) is 19.9 Å². The Labute approximate surface area is 197 Å². The van der Waals surface area contributed by atoms with Gasteiger partial charge in [0.1, 0.15) is 17.2 Å². The summed E-state index contributed by atoms with van der Waals surface area (Å²) < 4.78 is 46.8. The molecule has 11 heteroatoms. The van der Waals surface area contributed by atoms with Crippen molar-refractivity contribution in [3.63, 3.8) is 0 Å². The van der Waals surface area contributed by atoms with Crippen LogP contribution in [0.25, 0.3) is 0 Å². The molecule has 34 heavy (non-hydrogen) atoms. The summed E-state index contributed by atoms with van der Waals surface area (Å²) in [5, 5.41) is 4.14. The fraction of sp³-hybridized carbons (Fsp3) is 0.348. The van der Waals surface area contributed by atoms with Crippen LogP contribution < -0.4 is 18.9 Å². The second-order valence-electron chi connectivity index (χ2n) is 8.72. The lowest BCUT2D eigenvalue weighted by Gasteiger charge is -2.32. The number of hydrogen-bond acceptors (Lipinski definition) is 8. The van der Waals surface area contributed by atoms with Crippen molar-refractivity contribution in [3.05, 3.63) is 59.5 Å². The molecule has 4 rings (SSSR count). The van der Waals surface area contributed by atoms with Gasteiger partial charge in [0.15, 0.2) is 4.90 Å². The molecule has 1 aliphatic heterocycles. The molecule has 0 saturated carbocycles. The van der Waals surface area contributed by atoms with Gasteiger partial charge in [-0.15, -0.1) is 0 Å². The first-order valence-electron chi connectivity index (χ1n) is 10.5. The summed E-state index contributed by atoms with van der Waals surface area (Å²) in [6, 6.07) is 8.20. The topological polar surface area (TPSA) is 122 Å². The number of pyridine rings is 1. The van der Waals surface area contributed by atoms with E-state index in [1.807, 2.05) is 13.8 Å². The van der Waals surface area contributed by atoms with Gasteiger partial charge in [-0.05, 0) is 36.2 Å². The number of fused-ring (bicyclic) bond motifs is 1. The zero-order chi connectivity index (χ0) is 24.5. The van der Waals surface area contributed by atoms with Crippen LogP contribution in [0.2, 0.25) is 0 Å². The molecule has 3 aromatic rings. The van der Waals surface area contributed by atoms with E-state index in [4.69, 9.17) is 14.2 Å². The SMILES string of the molecule is COc1ccc2c(c1S(=O)(=O)NC(=O)c1ccc(Cn3cccn3)c(OC)n1)OCC(C)(C)C2. The molecule has 10 nitrogen and oxygen atoms in total. The first kappa shape index (κ1) is 23.6. The molecule has 2 aromatic heterocycles. The predicted octanol–water partition coefficient (Wildman–Crippen LogP) is 2.42. The third kappa shape index (κ3) is 4.69. The van der Waals surface area contributed by atoms with Crippen molar-refractivity contribution in [2.45, 2.75) is 31.7 Å². The molecule has 1 amide bonds. The highest BCUT2D eigenvalue weighted by Crippen LogP contribution is 2.42. The summed E-state index contributed by atoms with van der Waals surface area (Å²) in [4.78, 5) is 16.9. The van der Waals surface area contributed by atoms with Crippen LogP contribution in [0.3, 0.4) is 0 Å². The number of methoxy groups -OCH3 is 2. The zero-order valence-electron chi connectivity index (χ0n) is 19.4. The van der Waals surface area contributed by atoms with E-state index < -0.39 is 15.9 Å². The van der Waals surface area contributed by atoms with Crippen LogP contribution in [0.1, 0.15) is 35.5 Å². The Hall–Kier alpha value is -3.60. The van der Waals surface area contributed by atoms with Gasteiger partial charge in [-0.25, -0.2) is 18.1 Å². The summed E-state index contributed by atoms with van der Waals surface area (Å²) >= 11 is 0. The fourth-order valence-corrected chi connectivity index (χ4v) is 5.12. The maximum Gasteiger partial charge on any atom is 0.283 e. The third-order valence-electron chi connectivity index (χ3n) is 5.41. The summed E-state index contributed by atoms with van der Waals surface area (Å²) in [5.41, 5.74) is 1.15. The number of nitrogens with one attached hydrogen (secondary N) is 1. The Morgan fingerprint density at radius 2 is 2.00 bits per heavy atom. The van der Waals surface area contributed by atoms with Crippen LogP contribution in [0.4, 0.5) is 0 Å². The van der Waals surface area contributed by atoms with E-state index in [1.165, 1.54) is 20.3 Å². The summed E-state index contributed by atoms with van der Waals surface area (Å²) in [5.74, 6) is -0.432. The van der Waals surface area contributed by atoms with E-state index in [0.717, 1.165) is 5.56 Å². The number of sulfonamides is 1. The number of carbonyl (C=O) groups excluding carboxylic acids is 1. The molecular weight excluding hydrogens is 460 g/mol. The van der Waals surface area contributed by atoms with Gasteiger partial charge in [0.2, 0.25) is 5.88 Å². The maximum atomic E-state index is 13.3. The number of nitrogens with zero attached hydrogens (tertiary/aromatic N) is 3. The predicted molar refractivity (Wildman–Crippen MR) is 123 cm³/mol. The minimum atomic E-state index is -4.34. The van der Waals surface area contributed by atoms with Gasteiger partial charge < -0.3 is 14.2 Å². The highest BCUT2D eigenvalue weighted by molar-refractivity contribution is 7.90. The molecule has 0 spiro atoms. The van der Waals surface area contributed by atoms with Crippen LogP contribution in [0, 0.1) is 5.41 Å². The minimum Gasteiger partial charge on any atom is -0.495 e. The second kappa shape index (κ2) is 8.98. The zero-order valence-corrected chi connectivity index (χ0v) is 20.2. The highest BCUT2D eigenvalue weighted by atomic mass is 32.2. The van der Waals surface area contributed by atoms with Gasteiger partial charge in [0.25, 0.3) is 15.9 Å². The number of carbonyl (C=O) groups is 1. The van der Waals surface area contributed by atoms with Crippen LogP contribution in [0.15, 0.2) is 47.6 Å². The Morgan fingerprint density at radius 1 is 1.21 bits per heavy atom.